The van der Waals surface area contributed by atoms with E-state index in [1.165, 1.54) is 5.56 Å². The molecule has 108 valence electrons. The molecule has 0 aromatic heterocycles. The minimum atomic E-state index is -0.541. The summed E-state index contributed by atoms with van der Waals surface area (Å²) in [6.07, 6.45) is 1.85. The smallest absolute Gasteiger partial charge is 0.250 e. The maximum absolute atomic E-state index is 11.3. The second-order valence-electron chi connectivity index (χ2n) is 5.18. The molecule has 1 atom stereocenters. The number of aryl methyl sites for hydroxylation is 1. The molecule has 2 aromatic carbocycles. The van der Waals surface area contributed by atoms with Gasteiger partial charge in [-0.3, -0.25) is 4.79 Å². The van der Waals surface area contributed by atoms with E-state index in [0.717, 1.165) is 24.1 Å². The fourth-order valence-corrected chi connectivity index (χ4v) is 2.97. The van der Waals surface area contributed by atoms with Crippen molar-refractivity contribution >= 4 is 23.2 Å². The average Bonchev–Trinajstić information content (AvgIpc) is 2.83. The molecule has 0 bridgehead atoms. The third-order valence-corrected chi connectivity index (χ3v) is 4.11. The number of primary amides is 1. The summed E-state index contributed by atoms with van der Waals surface area (Å²) in [5, 5.41) is 13.3. The molecule has 0 fully saturated rings. The fraction of sp³-hybridized carbons (Fsp3) is 0.188. The Morgan fingerprint density at radius 2 is 2.10 bits per heavy atom. The van der Waals surface area contributed by atoms with Gasteiger partial charge in [0.15, 0.2) is 0 Å². The largest absolute Gasteiger partial charge is 0.508 e. The SMILES string of the molecule is NC(=O)c1cc(NC2CCc3cc(O)ccc32)ccc1Cl. The molecule has 5 heteroatoms. The zero-order chi connectivity index (χ0) is 15.0. The van der Waals surface area contributed by atoms with Crippen molar-refractivity contribution in [2.45, 2.75) is 18.9 Å². The third-order valence-electron chi connectivity index (χ3n) is 3.78. The molecule has 0 spiro atoms. The van der Waals surface area contributed by atoms with Crippen molar-refractivity contribution < 1.29 is 9.90 Å². The van der Waals surface area contributed by atoms with Gasteiger partial charge in [-0.15, -0.1) is 0 Å². The third kappa shape index (κ3) is 2.67. The zero-order valence-electron chi connectivity index (χ0n) is 11.3. The molecule has 1 amide bonds. The van der Waals surface area contributed by atoms with Crippen LogP contribution in [0.2, 0.25) is 5.02 Å². The first-order valence-electron chi connectivity index (χ1n) is 6.72. The van der Waals surface area contributed by atoms with Crippen LogP contribution in [0, 0.1) is 0 Å². The van der Waals surface area contributed by atoms with E-state index in [0.29, 0.717) is 10.6 Å². The first-order chi connectivity index (χ1) is 10.0. The van der Waals surface area contributed by atoms with Gasteiger partial charge >= 0.3 is 0 Å². The van der Waals surface area contributed by atoms with Crippen LogP contribution in [0.4, 0.5) is 5.69 Å². The number of benzene rings is 2. The van der Waals surface area contributed by atoms with E-state index in [4.69, 9.17) is 17.3 Å². The summed E-state index contributed by atoms with van der Waals surface area (Å²) in [5.74, 6) is -0.252. The van der Waals surface area contributed by atoms with E-state index in [-0.39, 0.29) is 11.8 Å². The predicted molar refractivity (Wildman–Crippen MR) is 82.8 cm³/mol. The van der Waals surface area contributed by atoms with Crippen LogP contribution in [-0.4, -0.2) is 11.0 Å². The number of hydrogen-bond donors (Lipinski definition) is 3. The Balaban J connectivity index is 1.86. The van der Waals surface area contributed by atoms with Crippen LogP contribution >= 0.6 is 11.6 Å². The van der Waals surface area contributed by atoms with Crippen LogP contribution in [0.25, 0.3) is 0 Å². The standard InChI is InChI=1S/C16H15ClN2O2/c17-14-5-2-10(8-13(14)16(18)21)19-15-6-1-9-7-11(20)3-4-12(9)15/h2-5,7-8,15,19-20H,1,6H2,(H2,18,21). The number of nitrogens with two attached hydrogens (primary N) is 1. The molecule has 3 rings (SSSR count). The molecule has 21 heavy (non-hydrogen) atoms. The minimum absolute atomic E-state index is 0.155. The number of carbonyl (C=O) groups excluding carboxylic acids is 1. The van der Waals surface area contributed by atoms with Crippen LogP contribution in [0.3, 0.4) is 0 Å². The second kappa shape index (κ2) is 5.30. The topological polar surface area (TPSA) is 75.4 Å². The Kier molecular flexibility index (Phi) is 3.47. The lowest BCUT2D eigenvalue weighted by molar-refractivity contribution is 0.100. The molecule has 1 unspecified atom stereocenters. The maximum atomic E-state index is 11.3. The van der Waals surface area contributed by atoms with Gasteiger partial charge in [-0.2, -0.15) is 0 Å². The lowest BCUT2D eigenvalue weighted by Gasteiger charge is -2.16. The molecule has 0 saturated carbocycles. The molecule has 1 aliphatic carbocycles. The summed E-state index contributed by atoms with van der Waals surface area (Å²) in [6, 6.07) is 10.7. The zero-order valence-corrected chi connectivity index (χ0v) is 12.0. The highest BCUT2D eigenvalue weighted by Gasteiger charge is 2.22. The molecular weight excluding hydrogens is 288 g/mol. The number of carbonyl (C=O) groups is 1. The summed E-state index contributed by atoms with van der Waals surface area (Å²) in [6.45, 7) is 0. The van der Waals surface area contributed by atoms with Gasteiger partial charge in [0, 0.05) is 5.69 Å². The quantitative estimate of drug-likeness (QED) is 0.814. The summed E-state index contributed by atoms with van der Waals surface area (Å²) in [5.41, 5.74) is 8.74. The number of phenols is 1. The molecule has 0 radical (unpaired) electrons. The van der Waals surface area contributed by atoms with Gasteiger partial charge < -0.3 is 16.2 Å². The van der Waals surface area contributed by atoms with Crippen LogP contribution in [-0.2, 0) is 6.42 Å². The maximum Gasteiger partial charge on any atom is 0.250 e. The van der Waals surface area contributed by atoms with Gasteiger partial charge in [-0.05, 0) is 54.3 Å². The summed E-state index contributed by atoms with van der Waals surface area (Å²) >= 11 is 5.95. The van der Waals surface area contributed by atoms with Crippen LogP contribution in [0.15, 0.2) is 36.4 Å². The highest BCUT2D eigenvalue weighted by atomic mass is 35.5. The number of amides is 1. The molecule has 0 aliphatic heterocycles. The normalized spacial score (nSPS) is 16.5. The van der Waals surface area contributed by atoms with Crippen molar-refractivity contribution in [1.29, 1.82) is 0 Å². The number of halogens is 1. The van der Waals surface area contributed by atoms with Gasteiger partial charge in [-0.1, -0.05) is 17.7 Å². The van der Waals surface area contributed by atoms with E-state index in [1.54, 1.807) is 24.3 Å². The minimum Gasteiger partial charge on any atom is -0.508 e. The van der Waals surface area contributed by atoms with Gasteiger partial charge in [0.1, 0.15) is 5.75 Å². The number of anilines is 1. The van der Waals surface area contributed by atoms with Crippen molar-refractivity contribution in [3.05, 3.63) is 58.1 Å². The first kappa shape index (κ1) is 13.8. The summed E-state index contributed by atoms with van der Waals surface area (Å²) in [4.78, 5) is 11.3. The highest BCUT2D eigenvalue weighted by Crippen LogP contribution is 2.36. The summed E-state index contributed by atoms with van der Waals surface area (Å²) in [7, 11) is 0. The highest BCUT2D eigenvalue weighted by molar-refractivity contribution is 6.33. The molecule has 4 nitrogen and oxygen atoms in total. The molecule has 0 saturated heterocycles. The van der Waals surface area contributed by atoms with Crippen molar-refractivity contribution in [3.63, 3.8) is 0 Å². The summed E-state index contributed by atoms with van der Waals surface area (Å²) < 4.78 is 0. The number of hydrogen-bond acceptors (Lipinski definition) is 3. The van der Waals surface area contributed by atoms with Gasteiger partial charge in [0.05, 0.1) is 16.6 Å². The van der Waals surface area contributed by atoms with Crippen LogP contribution < -0.4 is 11.1 Å². The second-order valence-corrected chi connectivity index (χ2v) is 5.58. The van der Waals surface area contributed by atoms with Gasteiger partial charge in [0.25, 0.3) is 0 Å². The molecule has 2 aromatic rings. The molecule has 0 heterocycles. The van der Waals surface area contributed by atoms with Crippen molar-refractivity contribution in [2.24, 2.45) is 5.73 Å². The van der Waals surface area contributed by atoms with Crippen LogP contribution in [0.5, 0.6) is 5.75 Å². The molecule has 4 N–H and O–H groups in total. The number of phenolic OH excluding ortho intramolecular Hbond substituents is 1. The number of nitrogens with one attached hydrogen (secondary N) is 1. The van der Waals surface area contributed by atoms with E-state index < -0.39 is 5.91 Å². The first-order valence-corrected chi connectivity index (χ1v) is 7.10. The Hall–Kier alpha value is -2.20. The van der Waals surface area contributed by atoms with Crippen molar-refractivity contribution in [3.8, 4) is 5.75 Å². The number of aromatic hydroxyl groups is 1. The average molecular weight is 303 g/mol. The molecular formula is C16H15ClN2O2. The number of rotatable bonds is 3. The van der Waals surface area contributed by atoms with Crippen molar-refractivity contribution in [1.82, 2.24) is 0 Å². The Labute approximate surface area is 127 Å². The Morgan fingerprint density at radius 1 is 1.29 bits per heavy atom. The van der Waals surface area contributed by atoms with Crippen molar-refractivity contribution in [2.75, 3.05) is 5.32 Å². The fourth-order valence-electron chi connectivity index (χ4n) is 2.76. The van der Waals surface area contributed by atoms with E-state index in [1.807, 2.05) is 12.1 Å². The van der Waals surface area contributed by atoms with Gasteiger partial charge in [-0.25, -0.2) is 0 Å². The van der Waals surface area contributed by atoms with E-state index >= 15 is 0 Å². The van der Waals surface area contributed by atoms with E-state index in [2.05, 4.69) is 5.32 Å². The van der Waals surface area contributed by atoms with E-state index in [9.17, 15) is 9.90 Å². The Morgan fingerprint density at radius 3 is 2.86 bits per heavy atom. The van der Waals surface area contributed by atoms with Gasteiger partial charge in [0.2, 0.25) is 5.91 Å². The Bertz CT molecular complexity index is 715. The molecule has 1 aliphatic rings. The monoisotopic (exact) mass is 302 g/mol. The lowest BCUT2D eigenvalue weighted by atomic mass is 10.1. The van der Waals surface area contributed by atoms with Crippen LogP contribution in [0.1, 0.15) is 33.9 Å². The number of fused-ring (bicyclic) bond motifs is 1. The lowest BCUT2D eigenvalue weighted by Crippen LogP contribution is -2.13. The predicted octanol–water partition coefficient (Wildman–Crippen LogP) is 3.24.